The number of rotatable bonds is 4. The second kappa shape index (κ2) is 7.41. The molecule has 3 rings (SSSR count). The van der Waals surface area contributed by atoms with E-state index >= 15 is 0 Å². The predicted octanol–water partition coefficient (Wildman–Crippen LogP) is 5.49. The number of halogens is 1. The number of carbonyl (C=O) groups excluding carboxylic acids is 2. The molecule has 1 aliphatic heterocycles. The molecule has 0 radical (unpaired) electrons. The maximum atomic E-state index is 13.2. The van der Waals surface area contributed by atoms with Gasteiger partial charge in [-0.25, -0.2) is 4.90 Å². The zero-order valence-corrected chi connectivity index (χ0v) is 17.6. The van der Waals surface area contributed by atoms with Crippen LogP contribution in [0.3, 0.4) is 0 Å². The minimum atomic E-state index is -0.264. The maximum Gasteiger partial charge on any atom is 0.272 e. The Kier molecular flexibility index (Phi) is 5.39. The van der Waals surface area contributed by atoms with Crippen LogP contribution in [0.25, 0.3) is 5.57 Å². The third kappa shape index (κ3) is 3.51. The van der Waals surface area contributed by atoms with Gasteiger partial charge in [0.25, 0.3) is 11.8 Å². The first-order valence-electron chi connectivity index (χ1n) is 8.42. The monoisotopic (exact) mass is 429 g/mol. The van der Waals surface area contributed by atoms with Crippen LogP contribution in [0, 0.1) is 13.8 Å². The average molecular weight is 430 g/mol. The van der Waals surface area contributed by atoms with Gasteiger partial charge in [-0.3, -0.25) is 9.59 Å². The Balaban J connectivity index is 2.14. The van der Waals surface area contributed by atoms with Gasteiger partial charge in [-0.15, -0.1) is 11.8 Å². The number of benzene rings is 2. The largest absolute Gasteiger partial charge is 0.272 e. The van der Waals surface area contributed by atoms with Crippen LogP contribution in [-0.4, -0.2) is 17.1 Å². The van der Waals surface area contributed by atoms with Gasteiger partial charge >= 0.3 is 0 Å². The average Bonchev–Trinajstić information content (AvgIpc) is 2.80. The molecule has 134 valence electrons. The van der Waals surface area contributed by atoms with Crippen molar-refractivity contribution in [2.24, 2.45) is 0 Å². The van der Waals surface area contributed by atoms with Gasteiger partial charge in [0.15, 0.2) is 0 Å². The number of hydrogen-bond acceptors (Lipinski definition) is 3. The number of amides is 2. The van der Waals surface area contributed by atoms with E-state index in [2.05, 4.69) is 15.9 Å². The van der Waals surface area contributed by atoms with Crippen LogP contribution < -0.4 is 4.90 Å². The van der Waals surface area contributed by atoms with Crippen molar-refractivity contribution in [3.63, 3.8) is 0 Å². The van der Waals surface area contributed by atoms with E-state index in [4.69, 9.17) is 0 Å². The molecule has 0 spiro atoms. The summed E-state index contributed by atoms with van der Waals surface area (Å²) in [6.45, 7) is 8.10. The van der Waals surface area contributed by atoms with Crippen LogP contribution >= 0.6 is 27.7 Å². The lowest BCUT2D eigenvalue weighted by Crippen LogP contribution is -2.31. The first-order chi connectivity index (χ1) is 12.3. The Bertz CT molecular complexity index is 933. The molecule has 5 heteroatoms. The molecule has 2 aromatic rings. The number of aryl methyl sites for hydroxylation is 2. The van der Waals surface area contributed by atoms with Crippen LogP contribution in [0.4, 0.5) is 5.69 Å². The third-order valence-corrected chi connectivity index (χ3v) is 5.84. The lowest BCUT2D eigenvalue weighted by molar-refractivity contribution is -0.119. The molecule has 0 saturated heterocycles. The Morgan fingerprint density at radius 1 is 0.962 bits per heavy atom. The van der Waals surface area contributed by atoms with E-state index < -0.39 is 0 Å². The van der Waals surface area contributed by atoms with Crippen molar-refractivity contribution in [3.05, 3.63) is 68.5 Å². The summed E-state index contributed by atoms with van der Waals surface area (Å²) in [6, 6.07) is 13.2. The zero-order chi connectivity index (χ0) is 19.0. The summed E-state index contributed by atoms with van der Waals surface area (Å²) in [6.07, 6.45) is 0. The number of thioether (sulfide) groups is 1. The van der Waals surface area contributed by atoms with Gasteiger partial charge in [0.2, 0.25) is 0 Å². The summed E-state index contributed by atoms with van der Waals surface area (Å²) >= 11 is 4.86. The van der Waals surface area contributed by atoms with Gasteiger partial charge in [0.1, 0.15) is 0 Å². The highest BCUT2D eigenvalue weighted by atomic mass is 79.9. The molecule has 0 bridgehead atoms. The molecular formula is C21H20BrNO2S. The predicted molar refractivity (Wildman–Crippen MR) is 112 cm³/mol. The smallest absolute Gasteiger partial charge is 0.268 e. The molecule has 2 aromatic carbocycles. The Morgan fingerprint density at radius 3 is 2.31 bits per heavy atom. The van der Waals surface area contributed by atoms with Crippen molar-refractivity contribution in [2.45, 2.75) is 32.9 Å². The van der Waals surface area contributed by atoms with Gasteiger partial charge in [-0.1, -0.05) is 54.0 Å². The second-order valence-electron chi connectivity index (χ2n) is 6.60. The van der Waals surface area contributed by atoms with Crippen molar-refractivity contribution in [3.8, 4) is 0 Å². The lowest BCUT2D eigenvalue weighted by atomic mass is 10.0. The van der Waals surface area contributed by atoms with Gasteiger partial charge in [-0.2, -0.15) is 0 Å². The molecule has 26 heavy (non-hydrogen) atoms. The molecule has 0 unspecified atom stereocenters. The zero-order valence-electron chi connectivity index (χ0n) is 15.2. The number of hydrogen-bond donors (Lipinski definition) is 0. The molecule has 0 fully saturated rings. The first kappa shape index (κ1) is 18.9. The van der Waals surface area contributed by atoms with E-state index in [-0.39, 0.29) is 17.1 Å². The molecular weight excluding hydrogens is 410 g/mol. The van der Waals surface area contributed by atoms with Crippen molar-refractivity contribution in [1.82, 2.24) is 0 Å². The maximum absolute atomic E-state index is 13.2. The fourth-order valence-corrected chi connectivity index (χ4v) is 4.23. The van der Waals surface area contributed by atoms with Crippen molar-refractivity contribution < 1.29 is 9.59 Å². The molecule has 1 aliphatic rings. The van der Waals surface area contributed by atoms with E-state index in [1.165, 1.54) is 16.7 Å². The second-order valence-corrected chi connectivity index (χ2v) is 9.10. The van der Waals surface area contributed by atoms with Crippen LogP contribution in [-0.2, 0) is 9.59 Å². The summed E-state index contributed by atoms with van der Waals surface area (Å²) in [5.41, 5.74) is 4.14. The van der Waals surface area contributed by atoms with Crippen LogP contribution in [0.1, 0.15) is 30.5 Å². The Morgan fingerprint density at radius 2 is 1.69 bits per heavy atom. The van der Waals surface area contributed by atoms with Crippen LogP contribution in [0.5, 0.6) is 0 Å². The van der Waals surface area contributed by atoms with Gasteiger partial charge in [-0.05, 0) is 48.7 Å². The molecule has 2 amide bonds. The molecule has 1 heterocycles. The van der Waals surface area contributed by atoms with E-state index in [0.717, 1.165) is 21.2 Å². The minimum Gasteiger partial charge on any atom is -0.268 e. The van der Waals surface area contributed by atoms with Crippen molar-refractivity contribution in [1.29, 1.82) is 0 Å². The molecule has 0 aromatic heterocycles. The number of anilines is 1. The topological polar surface area (TPSA) is 37.4 Å². The highest BCUT2D eigenvalue weighted by Crippen LogP contribution is 2.40. The van der Waals surface area contributed by atoms with Crippen molar-refractivity contribution in [2.75, 3.05) is 4.90 Å². The standard InChI is InChI=1S/C21H20BrNO2S/c1-12(2)26-19-18(15-9-8-13(3)14(4)10-15)20(24)23(21(19)25)17-7-5-6-16(22)11-17/h5-12H,1-4H3. The van der Waals surface area contributed by atoms with E-state index in [9.17, 15) is 9.59 Å². The number of nitrogens with zero attached hydrogens (tertiary/aromatic N) is 1. The third-order valence-electron chi connectivity index (χ3n) is 4.26. The Hall–Kier alpha value is -1.85. The van der Waals surface area contributed by atoms with Gasteiger partial charge in [0.05, 0.1) is 16.2 Å². The molecule has 3 nitrogen and oxygen atoms in total. The highest BCUT2D eigenvalue weighted by molar-refractivity contribution is 9.10. The Labute approximate surface area is 166 Å². The van der Waals surface area contributed by atoms with E-state index in [1.807, 2.05) is 58.0 Å². The fourth-order valence-electron chi connectivity index (χ4n) is 2.86. The fraction of sp³-hybridized carbons (Fsp3) is 0.238. The number of imide groups is 1. The quantitative estimate of drug-likeness (QED) is 0.602. The normalized spacial score (nSPS) is 14.8. The van der Waals surface area contributed by atoms with Crippen LogP contribution in [0.2, 0.25) is 0 Å². The summed E-state index contributed by atoms with van der Waals surface area (Å²) < 4.78 is 0.827. The van der Waals surface area contributed by atoms with Crippen LogP contribution in [0.15, 0.2) is 51.8 Å². The molecule has 0 saturated carbocycles. The molecule has 0 atom stereocenters. The van der Waals surface area contributed by atoms with Gasteiger partial charge < -0.3 is 0 Å². The molecule has 0 N–H and O–H groups in total. The van der Waals surface area contributed by atoms with E-state index in [1.54, 1.807) is 12.1 Å². The highest BCUT2D eigenvalue weighted by Gasteiger charge is 2.40. The minimum absolute atomic E-state index is 0.200. The van der Waals surface area contributed by atoms with Gasteiger partial charge in [0, 0.05) is 9.72 Å². The van der Waals surface area contributed by atoms with Crippen molar-refractivity contribution >= 4 is 50.8 Å². The summed E-state index contributed by atoms with van der Waals surface area (Å²) in [7, 11) is 0. The van der Waals surface area contributed by atoms with E-state index in [0.29, 0.717) is 16.2 Å². The number of carbonyl (C=O) groups is 2. The first-order valence-corrected chi connectivity index (χ1v) is 10.1. The molecule has 0 aliphatic carbocycles. The summed E-state index contributed by atoms with van der Waals surface area (Å²) in [5.74, 6) is -0.514. The lowest BCUT2D eigenvalue weighted by Gasteiger charge is -2.15. The summed E-state index contributed by atoms with van der Waals surface area (Å²) in [4.78, 5) is 28.1. The summed E-state index contributed by atoms with van der Waals surface area (Å²) in [5, 5.41) is 0.200. The SMILES string of the molecule is Cc1ccc(C2=C(SC(C)C)C(=O)N(c3cccc(Br)c3)C2=O)cc1C.